The average Bonchev–Trinajstić information content (AvgIpc) is 3.15. The van der Waals surface area contributed by atoms with Gasteiger partial charge in [0, 0.05) is 23.3 Å². The summed E-state index contributed by atoms with van der Waals surface area (Å²) in [4.78, 5) is 31.3. The highest BCUT2D eigenvalue weighted by Crippen LogP contribution is 2.38. The van der Waals surface area contributed by atoms with Crippen molar-refractivity contribution in [1.82, 2.24) is 9.88 Å². The van der Waals surface area contributed by atoms with Crippen molar-refractivity contribution >= 4 is 23.4 Å². The normalized spacial score (nSPS) is 15.0. The fourth-order valence-corrected chi connectivity index (χ4v) is 4.10. The van der Waals surface area contributed by atoms with E-state index in [1.54, 1.807) is 41.4 Å². The zero-order chi connectivity index (χ0) is 20.4. The third-order valence-corrected chi connectivity index (χ3v) is 5.53. The molecule has 146 valence electrons. The standard InChI is InChI=1S/C23H20ClN3O2/c24-17-10-8-15-9-11-21(19(15)13-17)27(23(29)20-7-3-4-12-26-20)14-16-5-1-2-6-18(16)22(25)28/h1-8,10,12-13,21H,9,11,14H2,(H2,25,28)/t21-/m1/s1. The number of nitrogens with zero attached hydrogens (tertiary/aromatic N) is 2. The molecule has 1 aromatic heterocycles. The van der Waals surface area contributed by atoms with Crippen molar-refractivity contribution in [2.24, 2.45) is 5.73 Å². The Morgan fingerprint density at radius 2 is 1.90 bits per heavy atom. The van der Waals surface area contributed by atoms with Crippen LogP contribution < -0.4 is 5.73 Å². The quantitative estimate of drug-likeness (QED) is 0.692. The maximum atomic E-state index is 13.4. The van der Waals surface area contributed by atoms with Crippen LogP contribution in [0.5, 0.6) is 0 Å². The van der Waals surface area contributed by atoms with E-state index in [0.717, 1.165) is 18.4 Å². The summed E-state index contributed by atoms with van der Waals surface area (Å²) in [5, 5.41) is 0.637. The number of pyridine rings is 1. The summed E-state index contributed by atoms with van der Waals surface area (Å²) >= 11 is 6.24. The Balaban J connectivity index is 1.77. The number of carbonyl (C=O) groups is 2. The number of benzene rings is 2. The summed E-state index contributed by atoms with van der Waals surface area (Å²) in [6.45, 7) is 0.255. The molecule has 0 bridgehead atoms. The van der Waals surface area contributed by atoms with Crippen molar-refractivity contribution < 1.29 is 9.59 Å². The first-order chi connectivity index (χ1) is 14.0. The van der Waals surface area contributed by atoms with Gasteiger partial charge in [-0.25, -0.2) is 0 Å². The number of hydrogen-bond donors (Lipinski definition) is 1. The number of fused-ring (bicyclic) bond motifs is 1. The van der Waals surface area contributed by atoms with Crippen molar-refractivity contribution in [3.05, 3.63) is 99.8 Å². The topological polar surface area (TPSA) is 76.3 Å². The lowest BCUT2D eigenvalue weighted by molar-refractivity contribution is 0.0650. The second kappa shape index (κ2) is 8.05. The Morgan fingerprint density at radius 3 is 2.66 bits per heavy atom. The number of aromatic nitrogens is 1. The van der Waals surface area contributed by atoms with Crippen LogP contribution in [0.4, 0.5) is 0 Å². The van der Waals surface area contributed by atoms with Crippen molar-refractivity contribution in [3.8, 4) is 0 Å². The molecule has 5 nitrogen and oxygen atoms in total. The zero-order valence-corrected chi connectivity index (χ0v) is 16.5. The average molecular weight is 406 g/mol. The van der Waals surface area contributed by atoms with Gasteiger partial charge >= 0.3 is 0 Å². The molecule has 2 amide bonds. The molecule has 3 aromatic rings. The smallest absolute Gasteiger partial charge is 0.273 e. The highest BCUT2D eigenvalue weighted by molar-refractivity contribution is 6.30. The molecular weight excluding hydrogens is 386 g/mol. The van der Waals surface area contributed by atoms with Gasteiger partial charge in [0.1, 0.15) is 5.69 Å². The summed E-state index contributed by atoms with van der Waals surface area (Å²) in [5.74, 6) is -0.705. The first-order valence-electron chi connectivity index (χ1n) is 9.42. The van der Waals surface area contributed by atoms with Crippen LogP contribution >= 0.6 is 11.6 Å². The van der Waals surface area contributed by atoms with E-state index in [1.165, 1.54) is 5.56 Å². The maximum absolute atomic E-state index is 13.4. The summed E-state index contributed by atoms with van der Waals surface area (Å²) in [6, 6.07) is 18.0. The fourth-order valence-electron chi connectivity index (χ4n) is 3.92. The van der Waals surface area contributed by atoms with Gasteiger partial charge in [-0.3, -0.25) is 14.6 Å². The predicted octanol–water partition coefficient (Wildman–Crippen LogP) is 4.16. The Morgan fingerprint density at radius 1 is 1.10 bits per heavy atom. The van der Waals surface area contributed by atoms with Crippen LogP contribution in [0.15, 0.2) is 66.9 Å². The maximum Gasteiger partial charge on any atom is 0.273 e. The van der Waals surface area contributed by atoms with Crippen LogP contribution in [0.1, 0.15) is 50.0 Å². The predicted molar refractivity (Wildman–Crippen MR) is 112 cm³/mol. The Labute approximate surface area is 174 Å². The largest absolute Gasteiger partial charge is 0.366 e. The lowest BCUT2D eigenvalue weighted by Gasteiger charge is -2.30. The number of carbonyl (C=O) groups excluding carboxylic acids is 2. The molecule has 0 radical (unpaired) electrons. The molecule has 6 heteroatoms. The molecule has 2 aromatic carbocycles. The Bertz CT molecular complexity index is 1070. The molecule has 2 N–H and O–H groups in total. The van der Waals surface area contributed by atoms with Gasteiger partial charge in [-0.1, -0.05) is 41.9 Å². The highest BCUT2D eigenvalue weighted by Gasteiger charge is 2.33. The third kappa shape index (κ3) is 3.87. The molecule has 0 saturated heterocycles. The number of amides is 2. The first-order valence-corrected chi connectivity index (χ1v) is 9.80. The van der Waals surface area contributed by atoms with E-state index in [1.807, 2.05) is 30.3 Å². The monoisotopic (exact) mass is 405 g/mol. The van der Waals surface area contributed by atoms with Gasteiger partial charge in [-0.05, 0) is 59.9 Å². The van der Waals surface area contributed by atoms with Crippen LogP contribution in [0, 0.1) is 0 Å². The number of aryl methyl sites for hydroxylation is 1. The number of halogens is 1. The Kier molecular flexibility index (Phi) is 5.32. The SMILES string of the molecule is NC(=O)c1ccccc1CN(C(=O)c1ccccn1)[C@@H]1CCc2ccc(Cl)cc21. The zero-order valence-electron chi connectivity index (χ0n) is 15.7. The van der Waals surface area contributed by atoms with Crippen LogP contribution in [0.25, 0.3) is 0 Å². The van der Waals surface area contributed by atoms with E-state index in [0.29, 0.717) is 21.8 Å². The van der Waals surface area contributed by atoms with E-state index in [-0.39, 0.29) is 18.5 Å². The minimum Gasteiger partial charge on any atom is -0.366 e. The van der Waals surface area contributed by atoms with Crippen molar-refractivity contribution in [2.75, 3.05) is 0 Å². The minimum absolute atomic E-state index is 0.154. The molecule has 0 saturated carbocycles. The molecule has 0 unspecified atom stereocenters. The summed E-state index contributed by atoms with van der Waals surface area (Å²) in [5.41, 5.74) is 9.26. The van der Waals surface area contributed by atoms with Crippen LogP contribution in [-0.2, 0) is 13.0 Å². The molecule has 0 fully saturated rings. The van der Waals surface area contributed by atoms with Gasteiger partial charge in [0.25, 0.3) is 5.91 Å². The van der Waals surface area contributed by atoms with Gasteiger partial charge in [-0.2, -0.15) is 0 Å². The third-order valence-electron chi connectivity index (χ3n) is 5.30. The molecule has 1 aliphatic carbocycles. The molecule has 1 aliphatic rings. The van der Waals surface area contributed by atoms with Gasteiger partial charge in [-0.15, -0.1) is 0 Å². The molecule has 0 aliphatic heterocycles. The molecule has 0 spiro atoms. The Hall–Kier alpha value is -3.18. The first kappa shape index (κ1) is 19.2. The highest BCUT2D eigenvalue weighted by atomic mass is 35.5. The number of nitrogens with two attached hydrogens (primary N) is 1. The number of hydrogen-bond acceptors (Lipinski definition) is 3. The van der Waals surface area contributed by atoms with E-state index >= 15 is 0 Å². The lowest BCUT2D eigenvalue weighted by Crippen LogP contribution is -2.35. The molecular formula is C23H20ClN3O2. The van der Waals surface area contributed by atoms with Gasteiger partial charge in [0.15, 0.2) is 0 Å². The summed E-state index contributed by atoms with van der Waals surface area (Å²) < 4.78 is 0. The van der Waals surface area contributed by atoms with Gasteiger partial charge < -0.3 is 10.6 Å². The molecule has 29 heavy (non-hydrogen) atoms. The van der Waals surface area contributed by atoms with E-state index in [9.17, 15) is 9.59 Å². The van der Waals surface area contributed by atoms with Crippen molar-refractivity contribution in [3.63, 3.8) is 0 Å². The molecule has 4 rings (SSSR count). The molecule has 1 atom stereocenters. The summed E-state index contributed by atoms with van der Waals surface area (Å²) in [7, 11) is 0. The lowest BCUT2D eigenvalue weighted by atomic mass is 10.0. The van der Waals surface area contributed by atoms with Gasteiger partial charge in [0.2, 0.25) is 5.91 Å². The fraction of sp³-hybridized carbons (Fsp3) is 0.174. The van der Waals surface area contributed by atoms with E-state index < -0.39 is 5.91 Å². The summed E-state index contributed by atoms with van der Waals surface area (Å²) in [6.07, 6.45) is 3.25. The minimum atomic E-state index is -0.513. The van der Waals surface area contributed by atoms with Crippen LogP contribution in [0.3, 0.4) is 0 Å². The van der Waals surface area contributed by atoms with Gasteiger partial charge in [0.05, 0.1) is 6.04 Å². The van der Waals surface area contributed by atoms with Crippen molar-refractivity contribution in [1.29, 1.82) is 0 Å². The van der Waals surface area contributed by atoms with E-state index in [2.05, 4.69) is 4.98 Å². The number of primary amides is 1. The van der Waals surface area contributed by atoms with Crippen molar-refractivity contribution in [2.45, 2.75) is 25.4 Å². The molecule has 1 heterocycles. The van der Waals surface area contributed by atoms with E-state index in [4.69, 9.17) is 17.3 Å². The second-order valence-electron chi connectivity index (χ2n) is 7.07. The van der Waals surface area contributed by atoms with Crippen LogP contribution in [-0.4, -0.2) is 21.7 Å². The second-order valence-corrected chi connectivity index (χ2v) is 7.50. The van der Waals surface area contributed by atoms with Crippen LogP contribution in [0.2, 0.25) is 5.02 Å². The number of rotatable bonds is 5.